The lowest BCUT2D eigenvalue weighted by atomic mass is 9.87. The number of benzene rings is 1. The van der Waals surface area contributed by atoms with Crippen molar-refractivity contribution in [2.75, 3.05) is 17.7 Å². The summed E-state index contributed by atoms with van der Waals surface area (Å²) in [5.74, 6) is 3.67. The molecule has 0 aliphatic carbocycles. The van der Waals surface area contributed by atoms with Crippen LogP contribution in [0.4, 0.5) is 5.82 Å². The van der Waals surface area contributed by atoms with E-state index in [1.165, 1.54) is 11.8 Å². The third-order valence-electron chi connectivity index (χ3n) is 4.24. The van der Waals surface area contributed by atoms with Crippen molar-refractivity contribution in [2.45, 2.75) is 17.5 Å². The molecule has 0 saturated heterocycles. The van der Waals surface area contributed by atoms with Gasteiger partial charge in [-0.15, -0.1) is 13.0 Å². The molecule has 1 N–H and O–H groups in total. The molecule has 0 bridgehead atoms. The van der Waals surface area contributed by atoms with Gasteiger partial charge in [0.05, 0.1) is 5.56 Å². The van der Waals surface area contributed by atoms with Crippen molar-refractivity contribution in [3.8, 4) is 18.1 Å². The Morgan fingerprint density at radius 2 is 2.19 bits per heavy atom. The number of amides is 1. The molecule has 3 rings (SSSR count). The molecule has 0 spiro atoms. The van der Waals surface area contributed by atoms with Crippen LogP contribution in [0.2, 0.25) is 0 Å². The van der Waals surface area contributed by atoms with E-state index in [0.29, 0.717) is 28.0 Å². The van der Waals surface area contributed by atoms with E-state index in [1.807, 2.05) is 12.1 Å². The first-order valence-corrected chi connectivity index (χ1v) is 9.34. The van der Waals surface area contributed by atoms with Crippen LogP contribution in [-0.4, -0.2) is 27.8 Å². The van der Waals surface area contributed by atoms with E-state index in [1.54, 1.807) is 29.8 Å². The van der Waals surface area contributed by atoms with Crippen molar-refractivity contribution in [2.24, 2.45) is 7.05 Å². The number of carbonyl (C=O) groups is 1. The van der Waals surface area contributed by atoms with Crippen molar-refractivity contribution < 1.29 is 9.53 Å². The van der Waals surface area contributed by atoms with Crippen LogP contribution in [0.1, 0.15) is 23.5 Å². The molecule has 0 saturated carbocycles. The summed E-state index contributed by atoms with van der Waals surface area (Å²) in [4.78, 5) is 29.2. The van der Waals surface area contributed by atoms with Crippen LogP contribution >= 0.6 is 11.8 Å². The summed E-state index contributed by atoms with van der Waals surface area (Å²) in [7, 11) is 1.79. The van der Waals surface area contributed by atoms with Gasteiger partial charge in [0.2, 0.25) is 5.91 Å². The second kappa shape index (κ2) is 8.14. The molecule has 1 amide bonds. The molecule has 2 aromatic rings. The van der Waals surface area contributed by atoms with Gasteiger partial charge in [0, 0.05) is 25.1 Å². The molecule has 2 heterocycles. The molecule has 0 fully saturated rings. The van der Waals surface area contributed by atoms with Crippen LogP contribution < -0.4 is 15.6 Å². The molecule has 1 atom stereocenters. The standard InChI is InChI=1S/C20H19N3O3S/c1-4-10-26-14-8-6-13(7-9-14)15-12-16(24)21-18-17(15)19(25)22-20(23(18)3)27-11-5-2/h1,5-9,15H,2,10-12H2,3H3,(H,21,24)/t15-/m0/s1. The number of thioether (sulfide) groups is 1. The third-order valence-corrected chi connectivity index (χ3v) is 5.26. The smallest absolute Gasteiger partial charge is 0.279 e. The zero-order chi connectivity index (χ0) is 19.4. The van der Waals surface area contributed by atoms with Crippen LogP contribution in [-0.2, 0) is 11.8 Å². The first-order valence-electron chi connectivity index (χ1n) is 8.35. The van der Waals surface area contributed by atoms with Gasteiger partial charge >= 0.3 is 0 Å². The highest BCUT2D eigenvalue weighted by atomic mass is 32.2. The molecule has 0 unspecified atom stereocenters. The summed E-state index contributed by atoms with van der Waals surface area (Å²) in [5, 5.41) is 3.36. The molecular weight excluding hydrogens is 362 g/mol. The van der Waals surface area contributed by atoms with Gasteiger partial charge in [-0.1, -0.05) is 35.9 Å². The third kappa shape index (κ3) is 3.91. The van der Waals surface area contributed by atoms with E-state index in [-0.39, 0.29) is 30.4 Å². The molecule has 1 aliphatic heterocycles. The Balaban J connectivity index is 2.02. The van der Waals surface area contributed by atoms with Crippen molar-refractivity contribution in [3.63, 3.8) is 0 Å². The minimum absolute atomic E-state index is 0.138. The zero-order valence-corrected chi connectivity index (χ0v) is 15.7. The van der Waals surface area contributed by atoms with E-state index >= 15 is 0 Å². The fraction of sp³-hybridized carbons (Fsp3) is 0.250. The maximum Gasteiger partial charge on any atom is 0.279 e. The highest BCUT2D eigenvalue weighted by Gasteiger charge is 2.32. The lowest BCUT2D eigenvalue weighted by Crippen LogP contribution is -2.33. The molecule has 1 aliphatic rings. The van der Waals surface area contributed by atoms with E-state index in [2.05, 4.69) is 22.8 Å². The number of fused-ring (bicyclic) bond motifs is 1. The van der Waals surface area contributed by atoms with Gasteiger partial charge in [0.1, 0.15) is 18.2 Å². The average Bonchev–Trinajstić information content (AvgIpc) is 2.67. The van der Waals surface area contributed by atoms with Gasteiger partial charge in [-0.25, -0.2) is 0 Å². The number of aromatic nitrogens is 2. The van der Waals surface area contributed by atoms with Gasteiger partial charge in [0.25, 0.3) is 5.56 Å². The Labute approximate surface area is 161 Å². The van der Waals surface area contributed by atoms with Crippen LogP contribution in [0.5, 0.6) is 5.75 Å². The minimum Gasteiger partial charge on any atom is -0.481 e. The van der Waals surface area contributed by atoms with Crippen LogP contribution in [0.25, 0.3) is 0 Å². The predicted octanol–water partition coefficient (Wildman–Crippen LogP) is 2.54. The van der Waals surface area contributed by atoms with Gasteiger partial charge < -0.3 is 14.6 Å². The summed E-state index contributed by atoms with van der Waals surface area (Å²) in [6.07, 6.45) is 7.12. The number of hydrogen-bond donors (Lipinski definition) is 1. The predicted molar refractivity (Wildman–Crippen MR) is 106 cm³/mol. The van der Waals surface area contributed by atoms with E-state index in [0.717, 1.165) is 5.56 Å². The van der Waals surface area contributed by atoms with Crippen molar-refractivity contribution in [3.05, 3.63) is 58.4 Å². The Morgan fingerprint density at radius 3 is 2.85 bits per heavy atom. The molecule has 138 valence electrons. The number of carbonyl (C=O) groups excluding carboxylic acids is 1. The number of anilines is 1. The summed E-state index contributed by atoms with van der Waals surface area (Å²) < 4.78 is 7.13. The van der Waals surface area contributed by atoms with Crippen molar-refractivity contribution in [1.82, 2.24) is 9.55 Å². The number of terminal acetylenes is 1. The van der Waals surface area contributed by atoms with Crippen LogP contribution in [0.15, 0.2) is 46.9 Å². The zero-order valence-electron chi connectivity index (χ0n) is 14.9. The molecular formula is C20H19N3O3S. The highest BCUT2D eigenvalue weighted by molar-refractivity contribution is 7.99. The summed E-state index contributed by atoms with van der Waals surface area (Å²) >= 11 is 1.39. The summed E-state index contributed by atoms with van der Waals surface area (Å²) in [6, 6.07) is 7.26. The Kier molecular flexibility index (Phi) is 5.67. The quantitative estimate of drug-likeness (QED) is 0.360. The number of hydrogen-bond acceptors (Lipinski definition) is 5. The maximum atomic E-state index is 12.7. The molecule has 27 heavy (non-hydrogen) atoms. The van der Waals surface area contributed by atoms with E-state index in [9.17, 15) is 9.59 Å². The SMILES string of the molecule is C#CCOc1ccc([C@@H]2CC(=O)Nc3c2c(=O)nc(SCC=C)n3C)cc1. The highest BCUT2D eigenvalue weighted by Crippen LogP contribution is 2.36. The molecule has 0 radical (unpaired) electrons. The summed E-state index contributed by atoms with van der Waals surface area (Å²) in [5.41, 5.74) is 1.02. The van der Waals surface area contributed by atoms with Gasteiger partial charge in [-0.05, 0) is 17.7 Å². The normalized spacial score (nSPS) is 15.4. The number of ether oxygens (including phenoxy) is 1. The van der Waals surface area contributed by atoms with Gasteiger partial charge in [-0.3, -0.25) is 9.59 Å². The Morgan fingerprint density at radius 1 is 1.44 bits per heavy atom. The second-order valence-electron chi connectivity index (χ2n) is 5.99. The lowest BCUT2D eigenvalue weighted by Gasteiger charge is -2.27. The summed E-state index contributed by atoms with van der Waals surface area (Å²) in [6.45, 7) is 3.86. The molecule has 1 aromatic heterocycles. The number of rotatable bonds is 6. The van der Waals surface area contributed by atoms with Gasteiger partial charge in [-0.2, -0.15) is 4.98 Å². The first kappa shape index (κ1) is 18.8. The molecule has 1 aromatic carbocycles. The van der Waals surface area contributed by atoms with Crippen LogP contribution in [0, 0.1) is 12.3 Å². The first-order chi connectivity index (χ1) is 13.0. The van der Waals surface area contributed by atoms with Crippen LogP contribution in [0.3, 0.4) is 0 Å². The fourth-order valence-corrected chi connectivity index (χ4v) is 3.70. The van der Waals surface area contributed by atoms with Crippen molar-refractivity contribution in [1.29, 1.82) is 0 Å². The number of nitrogens with zero attached hydrogens (tertiary/aromatic N) is 2. The number of nitrogens with one attached hydrogen (secondary N) is 1. The maximum absolute atomic E-state index is 12.7. The molecule has 7 heteroatoms. The lowest BCUT2D eigenvalue weighted by molar-refractivity contribution is -0.116. The van der Waals surface area contributed by atoms with E-state index in [4.69, 9.17) is 11.2 Å². The second-order valence-corrected chi connectivity index (χ2v) is 6.97. The average molecular weight is 381 g/mol. The molecule has 6 nitrogen and oxygen atoms in total. The monoisotopic (exact) mass is 381 g/mol. The van der Waals surface area contributed by atoms with E-state index < -0.39 is 0 Å². The minimum atomic E-state index is -0.361. The Bertz CT molecular complexity index is 974. The largest absolute Gasteiger partial charge is 0.481 e. The van der Waals surface area contributed by atoms with Gasteiger partial charge in [0.15, 0.2) is 5.16 Å². The topological polar surface area (TPSA) is 73.2 Å². The van der Waals surface area contributed by atoms with Crippen molar-refractivity contribution >= 4 is 23.5 Å². The fourth-order valence-electron chi connectivity index (χ4n) is 3.00. The Hall–Kier alpha value is -2.98.